The fourth-order valence-corrected chi connectivity index (χ4v) is 1.46. The highest BCUT2D eigenvalue weighted by Crippen LogP contribution is 2.12. The van der Waals surface area contributed by atoms with Gasteiger partial charge in [-0.25, -0.2) is 14.8 Å². The molecule has 0 atom stereocenters. The van der Waals surface area contributed by atoms with Crippen LogP contribution in [0.15, 0.2) is 48.7 Å². The van der Waals surface area contributed by atoms with Crippen LogP contribution in [0.25, 0.3) is 0 Å². The van der Waals surface area contributed by atoms with Gasteiger partial charge in [-0.05, 0) is 30.3 Å². The largest absolute Gasteiger partial charge is 0.711 e. The van der Waals surface area contributed by atoms with E-state index in [4.69, 9.17) is 4.74 Å². The van der Waals surface area contributed by atoms with E-state index in [0.29, 0.717) is 16.0 Å². The van der Waals surface area contributed by atoms with Gasteiger partial charge in [0, 0.05) is 6.07 Å². The van der Waals surface area contributed by atoms with Gasteiger partial charge >= 0.3 is 5.91 Å². The van der Waals surface area contributed by atoms with Crippen molar-refractivity contribution in [1.82, 2.24) is 0 Å². The third kappa shape index (κ3) is 2.57. The Bertz CT molecular complexity index is 552. The van der Waals surface area contributed by atoms with Gasteiger partial charge in [0.05, 0.1) is 18.9 Å². The number of methoxy groups -OCH3 is 1. The van der Waals surface area contributed by atoms with Gasteiger partial charge in [-0.2, -0.15) is 0 Å². The molecule has 1 amide bonds. The monoisotopic (exact) mass is 244 g/mol. The lowest BCUT2D eigenvalue weighted by Gasteiger charge is -2.07. The quantitative estimate of drug-likeness (QED) is 0.658. The average molecular weight is 244 g/mol. The number of benzene rings is 1. The Morgan fingerprint density at radius 1 is 1.22 bits per heavy atom. The van der Waals surface area contributed by atoms with Gasteiger partial charge in [0.25, 0.3) is 5.82 Å². The number of nitrogens with one attached hydrogen (secondary N) is 1. The number of carbonyl (C=O) groups is 1. The van der Waals surface area contributed by atoms with Crippen molar-refractivity contribution in [2.45, 2.75) is 0 Å². The van der Waals surface area contributed by atoms with Gasteiger partial charge in [-0.15, -0.1) is 0 Å². The summed E-state index contributed by atoms with van der Waals surface area (Å²) >= 11 is 0. The highest BCUT2D eigenvalue weighted by atomic mass is 16.5. The molecule has 0 fully saturated rings. The normalized spacial score (nSPS) is 9.83. The summed E-state index contributed by atoms with van der Waals surface area (Å²) in [5.41, 5.74) is 0.458. The van der Waals surface area contributed by atoms with Crippen molar-refractivity contribution < 1.29 is 14.3 Å². The van der Waals surface area contributed by atoms with Crippen LogP contribution in [-0.4, -0.2) is 13.0 Å². The molecule has 2 aromatic rings. The van der Waals surface area contributed by atoms with Crippen LogP contribution < -0.4 is 14.8 Å². The van der Waals surface area contributed by atoms with Crippen molar-refractivity contribution >= 4 is 11.7 Å². The number of nitrogens with zero attached hydrogens (tertiary/aromatic N) is 1. The summed E-state index contributed by atoms with van der Waals surface area (Å²) in [6.07, 6.45) is 1.32. The van der Waals surface area contributed by atoms with Crippen molar-refractivity contribution in [1.29, 1.82) is 0 Å². The lowest BCUT2D eigenvalue weighted by atomic mass is 10.2. The maximum absolute atomic E-state index is 11.9. The Balaban J connectivity index is 2.14. The van der Waals surface area contributed by atoms with Crippen molar-refractivity contribution in [3.8, 4) is 5.75 Å². The molecule has 5 heteroatoms. The van der Waals surface area contributed by atoms with E-state index in [9.17, 15) is 10.0 Å². The molecule has 0 aliphatic carbocycles. The fourth-order valence-electron chi connectivity index (χ4n) is 1.46. The molecule has 18 heavy (non-hydrogen) atoms. The first-order chi connectivity index (χ1) is 8.70. The predicted molar refractivity (Wildman–Crippen MR) is 66.3 cm³/mol. The summed E-state index contributed by atoms with van der Waals surface area (Å²) in [5.74, 6) is 0.525. The van der Waals surface area contributed by atoms with E-state index in [1.54, 1.807) is 43.5 Å². The minimum atomic E-state index is -0.339. The summed E-state index contributed by atoms with van der Waals surface area (Å²) in [6.45, 7) is 0. The zero-order valence-electron chi connectivity index (χ0n) is 9.79. The molecule has 1 aromatic carbocycles. The molecule has 0 bridgehead atoms. The van der Waals surface area contributed by atoms with Gasteiger partial charge in [0.2, 0.25) is 0 Å². The van der Waals surface area contributed by atoms with E-state index < -0.39 is 0 Å². The first-order valence-electron chi connectivity index (χ1n) is 5.34. The summed E-state index contributed by atoms with van der Waals surface area (Å²) in [6, 6.07) is 11.4. The highest BCUT2D eigenvalue weighted by molar-refractivity contribution is 6.03. The number of rotatable bonds is 3. The number of anilines is 1. The summed E-state index contributed by atoms with van der Waals surface area (Å²) in [5, 5.41) is 13.9. The van der Waals surface area contributed by atoms with Crippen LogP contribution in [0.2, 0.25) is 0 Å². The van der Waals surface area contributed by atoms with Crippen molar-refractivity contribution in [3.63, 3.8) is 0 Å². The molecule has 0 unspecified atom stereocenters. The third-order valence-corrected chi connectivity index (χ3v) is 2.42. The van der Waals surface area contributed by atoms with Crippen LogP contribution in [-0.2, 0) is 0 Å². The molecule has 0 spiro atoms. The second-order valence-electron chi connectivity index (χ2n) is 3.59. The van der Waals surface area contributed by atoms with Crippen molar-refractivity contribution in [2.24, 2.45) is 0 Å². The van der Waals surface area contributed by atoms with E-state index >= 15 is 0 Å². The molecular weight excluding hydrogens is 232 g/mol. The van der Waals surface area contributed by atoms with Crippen LogP contribution in [0, 0.1) is 5.21 Å². The number of hydrogen-bond acceptors (Lipinski definition) is 3. The van der Waals surface area contributed by atoms with E-state index in [0.717, 1.165) is 0 Å². The smallest absolute Gasteiger partial charge is 0.339 e. The first kappa shape index (κ1) is 11.9. The van der Waals surface area contributed by atoms with E-state index in [1.807, 2.05) is 0 Å². The Hall–Kier alpha value is -2.56. The zero-order valence-corrected chi connectivity index (χ0v) is 9.79. The molecule has 5 nitrogen and oxygen atoms in total. The van der Waals surface area contributed by atoms with Crippen LogP contribution in [0.1, 0.15) is 10.4 Å². The second-order valence-corrected chi connectivity index (χ2v) is 3.59. The fraction of sp³-hybridized carbons (Fsp3) is 0.0769. The summed E-state index contributed by atoms with van der Waals surface area (Å²) in [7, 11) is 1.55. The zero-order chi connectivity index (χ0) is 13.0. The molecular formula is C13H12N2O3. The van der Waals surface area contributed by atoms with Crippen LogP contribution in [0.4, 0.5) is 5.82 Å². The average Bonchev–Trinajstić information content (AvgIpc) is 2.41. The molecule has 0 radical (unpaired) electrons. The minimum Gasteiger partial charge on any atom is -0.711 e. The molecule has 0 saturated carbocycles. The lowest BCUT2D eigenvalue weighted by Crippen LogP contribution is -2.31. The first-order valence-corrected chi connectivity index (χ1v) is 5.34. The van der Waals surface area contributed by atoms with Crippen molar-refractivity contribution in [3.05, 3.63) is 59.4 Å². The molecule has 1 N–H and O–H groups in total. The lowest BCUT2D eigenvalue weighted by molar-refractivity contribution is -0.590. The van der Waals surface area contributed by atoms with Crippen LogP contribution in [0.3, 0.4) is 0 Å². The topological polar surface area (TPSA) is 65.3 Å². The molecule has 0 aliphatic heterocycles. The SMILES string of the molecule is COc1ccc(C(=O)Nc2cccc[n+]2[O-])cc1. The van der Waals surface area contributed by atoms with E-state index in [1.165, 1.54) is 12.3 Å². The Morgan fingerprint density at radius 2 is 1.94 bits per heavy atom. The van der Waals surface area contributed by atoms with Crippen LogP contribution >= 0.6 is 0 Å². The van der Waals surface area contributed by atoms with E-state index in [-0.39, 0.29) is 11.7 Å². The standard InChI is InChI=1S/C13H12N2O3/c1-18-11-7-5-10(6-8-11)13(16)14-12-4-2-3-9-15(12)17/h2-9H,1H3,(H,14,16). The molecule has 92 valence electrons. The van der Waals surface area contributed by atoms with E-state index in [2.05, 4.69) is 5.32 Å². The number of hydrogen-bond donors (Lipinski definition) is 1. The predicted octanol–water partition coefficient (Wildman–Crippen LogP) is 1.58. The van der Waals surface area contributed by atoms with Crippen molar-refractivity contribution in [2.75, 3.05) is 12.4 Å². The number of carbonyl (C=O) groups excluding carboxylic acids is 1. The van der Waals surface area contributed by atoms with Gasteiger partial charge in [-0.3, -0.25) is 0 Å². The Labute approximate surface area is 104 Å². The Kier molecular flexibility index (Phi) is 3.43. The van der Waals surface area contributed by atoms with Gasteiger partial charge in [-0.1, -0.05) is 6.07 Å². The third-order valence-electron chi connectivity index (χ3n) is 2.42. The number of amides is 1. The van der Waals surface area contributed by atoms with Gasteiger partial charge in [0.1, 0.15) is 5.75 Å². The Morgan fingerprint density at radius 3 is 2.56 bits per heavy atom. The molecule has 2 rings (SSSR count). The number of ether oxygens (including phenoxy) is 1. The van der Waals surface area contributed by atoms with Gasteiger partial charge < -0.3 is 9.94 Å². The number of pyridine rings is 1. The maximum atomic E-state index is 11.9. The number of aromatic nitrogens is 1. The molecule has 1 heterocycles. The summed E-state index contributed by atoms with van der Waals surface area (Å²) in [4.78, 5) is 11.9. The van der Waals surface area contributed by atoms with Crippen LogP contribution in [0.5, 0.6) is 5.75 Å². The second kappa shape index (κ2) is 5.18. The summed E-state index contributed by atoms with van der Waals surface area (Å²) < 4.78 is 5.60. The van der Waals surface area contributed by atoms with Gasteiger partial charge in [0.15, 0.2) is 0 Å². The minimum absolute atomic E-state index is 0.193. The molecule has 1 aromatic heterocycles. The maximum Gasteiger partial charge on any atom is 0.339 e. The highest BCUT2D eigenvalue weighted by Gasteiger charge is 2.13. The molecule has 0 aliphatic rings. The molecule has 0 saturated heterocycles.